The van der Waals surface area contributed by atoms with Gasteiger partial charge in [0.15, 0.2) is 0 Å². The topological polar surface area (TPSA) is 65.4 Å². The van der Waals surface area contributed by atoms with E-state index in [1.54, 1.807) is 41.8 Å². The lowest BCUT2D eigenvalue weighted by Gasteiger charge is -2.10. The second-order valence-corrected chi connectivity index (χ2v) is 5.23. The number of alkyl halides is 3. The molecule has 0 aliphatic heterocycles. The van der Waals surface area contributed by atoms with Crippen LogP contribution in [0.15, 0.2) is 29.5 Å². The Morgan fingerprint density at radius 2 is 2.14 bits per heavy atom. The number of benzene rings is 1. The number of nitrogens with zero attached hydrogens (tertiary/aromatic N) is 3. The highest BCUT2D eigenvalue weighted by molar-refractivity contribution is 14.1. The van der Waals surface area contributed by atoms with Crippen LogP contribution in [-0.4, -0.2) is 22.2 Å². The van der Waals surface area contributed by atoms with Crippen LogP contribution in [0.25, 0.3) is 0 Å². The van der Waals surface area contributed by atoms with Crippen LogP contribution in [0.5, 0.6) is 5.75 Å². The molecular formula is C12H10F3IN4O. The number of ether oxygens (including phenoxy) is 1. The summed E-state index contributed by atoms with van der Waals surface area (Å²) in [5.41, 5.74) is 6.74. The predicted molar refractivity (Wildman–Crippen MR) is 80.2 cm³/mol. The van der Waals surface area contributed by atoms with Crippen molar-refractivity contribution in [3.05, 3.63) is 39.2 Å². The Hall–Kier alpha value is -1.78. The lowest BCUT2D eigenvalue weighted by atomic mass is 10.2. The van der Waals surface area contributed by atoms with E-state index in [0.29, 0.717) is 14.8 Å². The Kier molecular flexibility index (Phi) is 4.40. The molecule has 2 aromatic rings. The molecule has 0 atom stereocenters. The van der Waals surface area contributed by atoms with Gasteiger partial charge >= 0.3 is 6.36 Å². The van der Waals surface area contributed by atoms with E-state index in [-0.39, 0.29) is 11.7 Å². The van der Waals surface area contributed by atoms with Crippen molar-refractivity contribution in [2.24, 2.45) is 5.10 Å². The Morgan fingerprint density at radius 1 is 1.43 bits per heavy atom. The van der Waals surface area contributed by atoms with Gasteiger partial charge in [-0.1, -0.05) is 6.07 Å². The SMILES string of the molecule is Cc1cn(N=Cc2ccc(I)c(OC(F)(F)F)c2)c(N)n1. The van der Waals surface area contributed by atoms with Crippen LogP contribution in [-0.2, 0) is 0 Å². The number of halogens is 4. The van der Waals surface area contributed by atoms with Crippen molar-refractivity contribution >= 4 is 34.8 Å². The number of imidazole rings is 1. The minimum absolute atomic E-state index is 0.195. The molecule has 5 nitrogen and oxygen atoms in total. The highest BCUT2D eigenvalue weighted by atomic mass is 127. The van der Waals surface area contributed by atoms with Crippen LogP contribution in [0.2, 0.25) is 0 Å². The van der Waals surface area contributed by atoms with Gasteiger partial charge in [0.1, 0.15) is 5.75 Å². The van der Waals surface area contributed by atoms with Gasteiger partial charge in [-0.15, -0.1) is 13.2 Å². The van der Waals surface area contributed by atoms with E-state index < -0.39 is 6.36 Å². The van der Waals surface area contributed by atoms with Crippen LogP contribution in [0.1, 0.15) is 11.3 Å². The van der Waals surface area contributed by atoms with Crippen LogP contribution >= 0.6 is 22.6 Å². The summed E-state index contributed by atoms with van der Waals surface area (Å²) >= 11 is 1.76. The van der Waals surface area contributed by atoms with Gasteiger partial charge in [0.25, 0.3) is 0 Å². The Morgan fingerprint density at radius 3 is 2.71 bits per heavy atom. The van der Waals surface area contributed by atoms with E-state index in [2.05, 4.69) is 14.8 Å². The number of nitrogen functional groups attached to an aromatic ring is 1. The second-order valence-electron chi connectivity index (χ2n) is 4.07. The molecule has 0 saturated carbocycles. The first-order valence-electron chi connectivity index (χ1n) is 5.66. The average molecular weight is 410 g/mol. The molecule has 0 aliphatic carbocycles. The fourth-order valence-corrected chi connectivity index (χ4v) is 1.97. The van der Waals surface area contributed by atoms with Crippen molar-refractivity contribution < 1.29 is 17.9 Å². The molecule has 0 radical (unpaired) electrons. The van der Waals surface area contributed by atoms with E-state index in [0.717, 1.165) is 0 Å². The summed E-state index contributed by atoms with van der Waals surface area (Å²) in [5, 5.41) is 4.03. The molecule has 2 N–H and O–H groups in total. The van der Waals surface area contributed by atoms with E-state index in [4.69, 9.17) is 5.73 Å². The summed E-state index contributed by atoms with van der Waals surface area (Å²) in [4.78, 5) is 3.96. The number of hydrogen-bond donors (Lipinski definition) is 1. The molecule has 0 fully saturated rings. The minimum Gasteiger partial charge on any atom is -0.405 e. The Labute approximate surface area is 131 Å². The van der Waals surface area contributed by atoms with Gasteiger partial charge in [0, 0.05) is 0 Å². The van der Waals surface area contributed by atoms with E-state index in [1.807, 2.05) is 0 Å². The molecule has 0 aliphatic rings. The molecular weight excluding hydrogens is 400 g/mol. The number of rotatable bonds is 3. The maximum absolute atomic E-state index is 12.3. The Balaban J connectivity index is 2.25. The van der Waals surface area contributed by atoms with Gasteiger partial charge in [0.05, 0.1) is 21.7 Å². The summed E-state index contributed by atoms with van der Waals surface area (Å²) in [6, 6.07) is 4.37. The third-order valence-electron chi connectivity index (χ3n) is 2.35. The van der Waals surface area contributed by atoms with Gasteiger partial charge in [-0.2, -0.15) is 5.10 Å². The van der Waals surface area contributed by atoms with Gasteiger partial charge in [-0.3, -0.25) is 0 Å². The van der Waals surface area contributed by atoms with E-state index >= 15 is 0 Å². The molecule has 1 aromatic heterocycles. The fraction of sp³-hybridized carbons (Fsp3) is 0.167. The third-order valence-corrected chi connectivity index (χ3v) is 3.24. The quantitative estimate of drug-likeness (QED) is 0.625. The number of aryl methyl sites for hydroxylation is 1. The zero-order valence-corrected chi connectivity index (χ0v) is 12.9. The van der Waals surface area contributed by atoms with Crippen molar-refractivity contribution in [2.45, 2.75) is 13.3 Å². The normalized spacial score (nSPS) is 12.0. The van der Waals surface area contributed by atoms with Crippen LogP contribution < -0.4 is 10.5 Å². The lowest BCUT2D eigenvalue weighted by molar-refractivity contribution is -0.274. The molecule has 112 valence electrons. The van der Waals surface area contributed by atoms with Gasteiger partial charge < -0.3 is 10.5 Å². The van der Waals surface area contributed by atoms with Crippen LogP contribution in [0.3, 0.4) is 0 Å². The standard InChI is InChI=1S/C12H10F3IN4O/c1-7-6-20(11(17)19-7)18-5-8-2-3-9(16)10(4-8)21-12(13,14)15/h2-6H,1H3,(H2,17,19). The summed E-state index contributed by atoms with van der Waals surface area (Å²) in [6.07, 6.45) is -1.76. The first-order valence-corrected chi connectivity index (χ1v) is 6.73. The first kappa shape index (κ1) is 15.6. The number of hydrogen-bond acceptors (Lipinski definition) is 4. The maximum Gasteiger partial charge on any atom is 0.573 e. The monoisotopic (exact) mass is 410 g/mol. The first-order chi connectivity index (χ1) is 9.74. The largest absolute Gasteiger partial charge is 0.573 e. The highest BCUT2D eigenvalue weighted by Crippen LogP contribution is 2.28. The number of anilines is 1. The van der Waals surface area contributed by atoms with Crippen molar-refractivity contribution in [3.63, 3.8) is 0 Å². The summed E-state index contributed by atoms with van der Waals surface area (Å²) < 4.78 is 42.4. The zero-order valence-electron chi connectivity index (χ0n) is 10.7. The highest BCUT2D eigenvalue weighted by Gasteiger charge is 2.31. The third kappa shape index (κ3) is 4.34. The Bertz CT molecular complexity index is 682. The van der Waals surface area contributed by atoms with Crippen molar-refractivity contribution in [3.8, 4) is 5.75 Å². The maximum atomic E-state index is 12.3. The van der Waals surface area contributed by atoms with Gasteiger partial charge in [-0.05, 0) is 47.2 Å². The fourth-order valence-electron chi connectivity index (χ4n) is 1.53. The smallest absolute Gasteiger partial charge is 0.405 e. The van der Waals surface area contributed by atoms with Crippen molar-refractivity contribution in [1.82, 2.24) is 9.66 Å². The van der Waals surface area contributed by atoms with Crippen LogP contribution in [0.4, 0.5) is 19.1 Å². The van der Waals surface area contributed by atoms with E-state index in [9.17, 15) is 13.2 Å². The second kappa shape index (κ2) is 5.92. The molecule has 1 aromatic carbocycles. The van der Waals surface area contributed by atoms with Crippen molar-refractivity contribution in [1.29, 1.82) is 0 Å². The summed E-state index contributed by atoms with van der Waals surface area (Å²) in [5.74, 6) is -0.0807. The molecule has 9 heteroatoms. The minimum atomic E-state index is -4.73. The van der Waals surface area contributed by atoms with Crippen LogP contribution in [0, 0.1) is 10.5 Å². The lowest BCUT2D eigenvalue weighted by Crippen LogP contribution is -2.17. The zero-order chi connectivity index (χ0) is 15.6. The summed E-state index contributed by atoms with van der Waals surface area (Å²) in [6.45, 7) is 1.75. The molecule has 0 unspecified atom stereocenters. The average Bonchev–Trinajstić information content (AvgIpc) is 2.67. The van der Waals surface area contributed by atoms with Gasteiger partial charge in [-0.25, -0.2) is 9.66 Å². The predicted octanol–water partition coefficient (Wildman–Crippen LogP) is 3.16. The molecule has 0 spiro atoms. The number of aromatic nitrogens is 2. The van der Waals surface area contributed by atoms with E-state index in [1.165, 1.54) is 23.0 Å². The summed E-state index contributed by atoms with van der Waals surface area (Å²) in [7, 11) is 0. The van der Waals surface area contributed by atoms with Gasteiger partial charge in [0.2, 0.25) is 5.95 Å². The molecule has 21 heavy (non-hydrogen) atoms. The van der Waals surface area contributed by atoms with Crippen molar-refractivity contribution in [2.75, 3.05) is 5.73 Å². The molecule has 1 heterocycles. The number of nitrogens with two attached hydrogens (primary N) is 1. The molecule has 0 saturated heterocycles. The molecule has 2 rings (SSSR count). The molecule has 0 bridgehead atoms. The molecule has 0 amide bonds.